The van der Waals surface area contributed by atoms with E-state index >= 15 is 0 Å². The first-order valence-electron chi connectivity index (χ1n) is 11.6. The first-order valence-corrected chi connectivity index (χ1v) is 11.6. The summed E-state index contributed by atoms with van der Waals surface area (Å²) in [7, 11) is 0. The van der Waals surface area contributed by atoms with Gasteiger partial charge in [0.05, 0.1) is 62.2 Å². The Morgan fingerprint density at radius 2 is 2.00 bits per heavy atom. The SMILES string of the molecule is Cc1nn(CCOCCC(=O)N2CCN(c3ccc(C4COC4)cn3)CC2)c2cn[nH]c(=O)c12. The molecule has 0 radical (unpaired) electrons. The molecule has 3 aromatic heterocycles. The Morgan fingerprint density at radius 3 is 2.71 bits per heavy atom. The lowest BCUT2D eigenvalue weighted by Gasteiger charge is -2.35. The van der Waals surface area contributed by atoms with Crippen molar-refractivity contribution in [1.29, 1.82) is 0 Å². The molecule has 0 bridgehead atoms. The highest BCUT2D eigenvalue weighted by Gasteiger charge is 2.23. The van der Waals surface area contributed by atoms with Gasteiger partial charge >= 0.3 is 0 Å². The Morgan fingerprint density at radius 1 is 1.18 bits per heavy atom. The molecule has 5 rings (SSSR count). The van der Waals surface area contributed by atoms with Crippen LogP contribution in [-0.2, 0) is 20.8 Å². The van der Waals surface area contributed by atoms with Gasteiger partial charge in [-0.05, 0) is 18.6 Å². The molecule has 0 atom stereocenters. The van der Waals surface area contributed by atoms with E-state index in [-0.39, 0.29) is 11.5 Å². The number of aromatic amines is 1. The van der Waals surface area contributed by atoms with Crippen molar-refractivity contribution in [3.63, 3.8) is 0 Å². The molecule has 0 aromatic carbocycles. The number of nitrogens with one attached hydrogen (secondary N) is 1. The third kappa shape index (κ3) is 4.66. The number of rotatable bonds is 8. The van der Waals surface area contributed by atoms with Crippen molar-refractivity contribution in [3.8, 4) is 0 Å². The van der Waals surface area contributed by atoms with Crippen LogP contribution in [0.2, 0.25) is 0 Å². The number of carbonyl (C=O) groups is 1. The van der Waals surface area contributed by atoms with E-state index in [2.05, 4.69) is 37.3 Å². The third-order valence-electron chi connectivity index (χ3n) is 6.49. The molecule has 11 nitrogen and oxygen atoms in total. The van der Waals surface area contributed by atoms with Crippen LogP contribution in [0.4, 0.5) is 5.82 Å². The molecule has 0 aliphatic carbocycles. The van der Waals surface area contributed by atoms with E-state index in [0.717, 1.165) is 32.1 Å². The summed E-state index contributed by atoms with van der Waals surface area (Å²) >= 11 is 0. The predicted molar refractivity (Wildman–Crippen MR) is 125 cm³/mol. The van der Waals surface area contributed by atoms with Crippen LogP contribution < -0.4 is 10.5 Å². The summed E-state index contributed by atoms with van der Waals surface area (Å²) in [6.07, 6.45) is 3.88. The average Bonchev–Trinajstić information content (AvgIpc) is 3.15. The van der Waals surface area contributed by atoms with E-state index in [9.17, 15) is 9.59 Å². The molecule has 1 N–H and O–H groups in total. The second-order valence-corrected chi connectivity index (χ2v) is 8.68. The highest BCUT2D eigenvalue weighted by atomic mass is 16.5. The third-order valence-corrected chi connectivity index (χ3v) is 6.49. The fraction of sp³-hybridized carbons (Fsp3) is 0.522. The van der Waals surface area contributed by atoms with Crippen molar-refractivity contribution in [2.75, 3.05) is 57.5 Å². The topological polar surface area (TPSA) is 118 Å². The summed E-state index contributed by atoms with van der Waals surface area (Å²) < 4.78 is 12.6. The summed E-state index contributed by atoms with van der Waals surface area (Å²) in [4.78, 5) is 33.2. The van der Waals surface area contributed by atoms with Gasteiger partial charge in [0.15, 0.2) is 0 Å². The standard InChI is InChI=1S/C23H29N7O4/c1-16-22-19(13-25-26-23(22)32)30(27-16)9-11-33-10-4-21(31)29-7-5-28(6-8-29)20-3-2-17(12-24-20)18-14-34-15-18/h2-3,12-13,18H,4-11,14-15H2,1H3,(H,26,32). The predicted octanol–water partition coefficient (Wildman–Crippen LogP) is 0.692. The molecule has 1 amide bonds. The fourth-order valence-electron chi connectivity index (χ4n) is 4.40. The number of hydrogen-bond acceptors (Lipinski definition) is 8. The van der Waals surface area contributed by atoms with Gasteiger partial charge in [-0.3, -0.25) is 14.3 Å². The van der Waals surface area contributed by atoms with Crippen molar-refractivity contribution in [3.05, 3.63) is 46.1 Å². The molecule has 5 heterocycles. The zero-order valence-corrected chi connectivity index (χ0v) is 19.3. The number of anilines is 1. The first-order chi connectivity index (χ1) is 16.6. The number of ether oxygens (including phenoxy) is 2. The van der Waals surface area contributed by atoms with E-state index < -0.39 is 0 Å². The maximum atomic E-state index is 12.6. The van der Waals surface area contributed by atoms with Crippen molar-refractivity contribution < 1.29 is 14.3 Å². The Bertz CT molecular complexity index is 1190. The summed E-state index contributed by atoms with van der Waals surface area (Å²) in [6.45, 7) is 7.49. The van der Waals surface area contributed by atoms with Crippen LogP contribution in [0, 0.1) is 6.92 Å². The summed E-state index contributed by atoms with van der Waals surface area (Å²) in [6, 6.07) is 4.20. The van der Waals surface area contributed by atoms with Crippen LogP contribution in [0.5, 0.6) is 0 Å². The highest BCUT2D eigenvalue weighted by molar-refractivity contribution is 5.79. The van der Waals surface area contributed by atoms with Gasteiger partial charge in [0.25, 0.3) is 5.56 Å². The van der Waals surface area contributed by atoms with Gasteiger partial charge in [0.1, 0.15) is 5.82 Å². The number of nitrogens with zero attached hydrogens (tertiary/aromatic N) is 6. The number of hydrogen-bond donors (Lipinski definition) is 1. The minimum Gasteiger partial charge on any atom is -0.380 e. The van der Waals surface area contributed by atoms with Crippen LogP contribution in [0.1, 0.15) is 23.6 Å². The first kappa shape index (κ1) is 22.5. The summed E-state index contributed by atoms with van der Waals surface area (Å²) in [5.74, 6) is 1.53. The van der Waals surface area contributed by atoms with E-state index in [1.807, 2.05) is 11.1 Å². The second-order valence-electron chi connectivity index (χ2n) is 8.68. The maximum absolute atomic E-state index is 12.6. The van der Waals surface area contributed by atoms with Gasteiger partial charge in [-0.15, -0.1) is 0 Å². The lowest BCUT2D eigenvalue weighted by Crippen LogP contribution is -2.49. The number of piperazine rings is 1. The summed E-state index contributed by atoms with van der Waals surface area (Å²) in [5.41, 5.74) is 2.32. The van der Waals surface area contributed by atoms with Crippen molar-refractivity contribution in [2.24, 2.45) is 0 Å². The normalized spacial score (nSPS) is 16.7. The number of aromatic nitrogens is 5. The number of aryl methyl sites for hydroxylation is 1. The lowest BCUT2D eigenvalue weighted by molar-refractivity contribution is -0.132. The molecule has 2 aliphatic rings. The zero-order valence-electron chi connectivity index (χ0n) is 19.3. The molecule has 180 valence electrons. The molecular weight excluding hydrogens is 438 g/mol. The number of H-pyrrole nitrogens is 1. The minimum absolute atomic E-state index is 0.101. The smallest absolute Gasteiger partial charge is 0.275 e. The highest BCUT2D eigenvalue weighted by Crippen LogP contribution is 2.25. The second kappa shape index (κ2) is 9.90. The van der Waals surface area contributed by atoms with Crippen LogP contribution >= 0.6 is 0 Å². The lowest BCUT2D eigenvalue weighted by atomic mass is 10.00. The van der Waals surface area contributed by atoms with Gasteiger partial charge in [-0.2, -0.15) is 10.2 Å². The molecule has 34 heavy (non-hydrogen) atoms. The Balaban J connectivity index is 1.03. The monoisotopic (exact) mass is 467 g/mol. The Hall–Kier alpha value is -3.31. The molecular formula is C23H29N7O4. The molecule has 3 aromatic rings. The van der Waals surface area contributed by atoms with Gasteiger partial charge < -0.3 is 19.3 Å². The van der Waals surface area contributed by atoms with Crippen LogP contribution in [-0.4, -0.2) is 88.4 Å². The zero-order chi connectivity index (χ0) is 23.5. The van der Waals surface area contributed by atoms with Gasteiger partial charge in [0, 0.05) is 38.3 Å². The molecule has 2 aliphatic heterocycles. The van der Waals surface area contributed by atoms with Crippen LogP contribution in [0.15, 0.2) is 29.3 Å². The summed E-state index contributed by atoms with van der Waals surface area (Å²) in [5, 5.41) is 11.2. The molecule has 0 unspecified atom stereocenters. The van der Waals surface area contributed by atoms with Gasteiger partial charge in [-0.1, -0.05) is 6.07 Å². The largest absolute Gasteiger partial charge is 0.380 e. The fourth-order valence-corrected chi connectivity index (χ4v) is 4.40. The van der Waals surface area contributed by atoms with Crippen LogP contribution in [0.3, 0.4) is 0 Å². The molecule has 0 saturated carbocycles. The van der Waals surface area contributed by atoms with Gasteiger partial charge in [-0.25, -0.2) is 10.1 Å². The molecule has 11 heteroatoms. The molecule has 2 saturated heterocycles. The van der Waals surface area contributed by atoms with E-state index in [4.69, 9.17) is 9.47 Å². The average molecular weight is 468 g/mol. The minimum atomic E-state index is -0.246. The van der Waals surface area contributed by atoms with E-state index in [1.54, 1.807) is 17.8 Å². The number of carbonyl (C=O) groups excluding carboxylic acids is 1. The van der Waals surface area contributed by atoms with Crippen molar-refractivity contribution in [1.82, 2.24) is 29.9 Å². The number of amides is 1. The van der Waals surface area contributed by atoms with E-state index in [1.165, 1.54) is 5.56 Å². The molecule has 0 spiro atoms. The Kier molecular flexibility index (Phi) is 6.54. The van der Waals surface area contributed by atoms with Gasteiger partial charge in [0.2, 0.25) is 5.91 Å². The number of fused-ring (bicyclic) bond motifs is 1. The Labute approximate surface area is 196 Å². The van der Waals surface area contributed by atoms with E-state index in [0.29, 0.717) is 61.8 Å². The quantitative estimate of drug-likeness (QED) is 0.481. The van der Waals surface area contributed by atoms with Crippen molar-refractivity contribution >= 4 is 22.6 Å². The maximum Gasteiger partial charge on any atom is 0.275 e. The molecule has 2 fully saturated rings. The van der Waals surface area contributed by atoms with Crippen molar-refractivity contribution in [2.45, 2.75) is 25.8 Å². The van der Waals surface area contributed by atoms with Crippen LogP contribution in [0.25, 0.3) is 10.9 Å². The number of pyridine rings is 1.